The van der Waals surface area contributed by atoms with Crippen LogP contribution in [0.4, 0.5) is 0 Å². The molecule has 2 aliphatic rings. The molecule has 1 aromatic carbocycles. The highest BCUT2D eigenvalue weighted by Gasteiger charge is 2.40. The monoisotopic (exact) mass is 289 g/mol. The summed E-state index contributed by atoms with van der Waals surface area (Å²) >= 11 is 0. The van der Waals surface area contributed by atoms with E-state index in [9.17, 15) is 9.90 Å². The summed E-state index contributed by atoms with van der Waals surface area (Å²) in [5.74, 6) is -0.860. The van der Waals surface area contributed by atoms with Crippen molar-refractivity contribution in [1.82, 2.24) is 4.90 Å². The van der Waals surface area contributed by atoms with Crippen LogP contribution < -0.4 is 0 Å². The van der Waals surface area contributed by atoms with Gasteiger partial charge in [-0.25, -0.2) is 0 Å². The lowest BCUT2D eigenvalue weighted by atomic mass is 9.98. The number of carbonyl (C=O) groups excluding carboxylic acids is 1. The average molecular weight is 289 g/mol. The largest absolute Gasteiger partial charge is 0.462 e. The third-order valence-electron chi connectivity index (χ3n) is 5.01. The normalized spacial score (nSPS) is 30.1. The zero-order valence-corrected chi connectivity index (χ0v) is 12.4. The van der Waals surface area contributed by atoms with Gasteiger partial charge >= 0.3 is 5.97 Å². The van der Waals surface area contributed by atoms with E-state index in [1.807, 2.05) is 30.3 Å². The van der Waals surface area contributed by atoms with Crippen LogP contribution in [-0.4, -0.2) is 47.8 Å². The molecular weight excluding hydrogens is 266 g/mol. The molecular formula is C17H23NO3. The van der Waals surface area contributed by atoms with Crippen molar-refractivity contribution in [3.8, 4) is 0 Å². The Bertz CT molecular complexity index is 476. The van der Waals surface area contributed by atoms with Gasteiger partial charge in [-0.3, -0.25) is 4.79 Å². The molecule has 1 aromatic rings. The van der Waals surface area contributed by atoms with Crippen LogP contribution in [0, 0.1) is 0 Å². The summed E-state index contributed by atoms with van der Waals surface area (Å²) in [6.45, 7) is -0.206. The number of nitrogens with zero attached hydrogens (tertiary/aromatic N) is 1. The Morgan fingerprint density at radius 3 is 2.48 bits per heavy atom. The first-order valence-corrected chi connectivity index (χ1v) is 7.77. The van der Waals surface area contributed by atoms with Gasteiger partial charge in [0.15, 0.2) is 0 Å². The van der Waals surface area contributed by atoms with Gasteiger partial charge in [0.1, 0.15) is 12.0 Å². The van der Waals surface area contributed by atoms with Crippen molar-refractivity contribution in [1.29, 1.82) is 0 Å². The second kappa shape index (κ2) is 6.16. The molecule has 4 nitrogen and oxygen atoms in total. The van der Waals surface area contributed by atoms with Crippen molar-refractivity contribution >= 4 is 5.97 Å². The van der Waals surface area contributed by atoms with Crippen LogP contribution in [0.3, 0.4) is 0 Å². The fraction of sp³-hybridized carbons (Fsp3) is 0.588. The zero-order valence-electron chi connectivity index (χ0n) is 12.4. The first kappa shape index (κ1) is 14.5. The number of fused-ring (bicyclic) bond motifs is 2. The van der Waals surface area contributed by atoms with Crippen LogP contribution >= 0.6 is 0 Å². The van der Waals surface area contributed by atoms with Crippen molar-refractivity contribution in [2.75, 3.05) is 13.7 Å². The quantitative estimate of drug-likeness (QED) is 0.861. The second-order valence-electron chi connectivity index (χ2n) is 6.23. The van der Waals surface area contributed by atoms with E-state index in [0.29, 0.717) is 12.1 Å². The van der Waals surface area contributed by atoms with Crippen molar-refractivity contribution in [3.05, 3.63) is 35.9 Å². The van der Waals surface area contributed by atoms with Gasteiger partial charge in [0.25, 0.3) is 0 Å². The van der Waals surface area contributed by atoms with E-state index >= 15 is 0 Å². The molecule has 0 aliphatic carbocycles. The Labute approximate surface area is 125 Å². The molecule has 2 fully saturated rings. The maximum Gasteiger partial charge on any atom is 0.316 e. The molecule has 3 atom stereocenters. The molecule has 2 bridgehead atoms. The fourth-order valence-electron chi connectivity index (χ4n) is 3.71. The van der Waals surface area contributed by atoms with Crippen LogP contribution in [0.1, 0.15) is 37.2 Å². The van der Waals surface area contributed by atoms with Crippen LogP contribution in [0.5, 0.6) is 0 Å². The van der Waals surface area contributed by atoms with Gasteiger partial charge in [-0.05, 0) is 38.3 Å². The number of aliphatic hydroxyl groups is 1. The number of hydrogen-bond donors (Lipinski definition) is 1. The Kier molecular flexibility index (Phi) is 4.27. The van der Waals surface area contributed by atoms with E-state index in [0.717, 1.165) is 18.4 Å². The summed E-state index contributed by atoms with van der Waals surface area (Å²) in [6.07, 6.45) is 4.26. The molecule has 0 aromatic heterocycles. The number of esters is 1. The predicted molar refractivity (Wildman–Crippen MR) is 80.0 cm³/mol. The first-order chi connectivity index (χ1) is 10.2. The molecule has 2 heterocycles. The highest BCUT2D eigenvalue weighted by Crippen LogP contribution is 2.36. The van der Waals surface area contributed by atoms with Gasteiger partial charge in [-0.15, -0.1) is 0 Å². The van der Waals surface area contributed by atoms with Crippen LogP contribution in [-0.2, 0) is 9.53 Å². The van der Waals surface area contributed by atoms with Crippen molar-refractivity contribution in [2.45, 2.75) is 49.8 Å². The average Bonchev–Trinajstić information content (AvgIpc) is 2.72. The van der Waals surface area contributed by atoms with Gasteiger partial charge in [0.2, 0.25) is 0 Å². The Morgan fingerprint density at radius 2 is 1.90 bits per heavy atom. The molecule has 0 saturated carbocycles. The lowest BCUT2D eigenvalue weighted by Crippen LogP contribution is -2.43. The topological polar surface area (TPSA) is 49.8 Å². The van der Waals surface area contributed by atoms with Crippen LogP contribution in [0.15, 0.2) is 30.3 Å². The standard InChI is InChI=1S/C17H23NO3/c1-18-13-7-8-14(18)10-15(9-13)21-17(20)16(11-19)12-5-3-2-4-6-12/h2-6,13-16,19H,7-11H2,1H3/t13-,14-,16+/m1/s1. The Balaban J connectivity index is 1.63. The summed E-state index contributed by atoms with van der Waals surface area (Å²) in [7, 11) is 2.17. The summed E-state index contributed by atoms with van der Waals surface area (Å²) < 4.78 is 5.70. The van der Waals surface area contributed by atoms with E-state index in [4.69, 9.17) is 4.74 Å². The van der Waals surface area contributed by atoms with Crippen LogP contribution in [0.2, 0.25) is 0 Å². The molecule has 0 radical (unpaired) electrons. The number of benzene rings is 1. The fourth-order valence-corrected chi connectivity index (χ4v) is 3.71. The van der Waals surface area contributed by atoms with Gasteiger partial charge in [0.05, 0.1) is 6.61 Å². The zero-order chi connectivity index (χ0) is 14.8. The molecule has 0 spiro atoms. The molecule has 114 valence electrons. The highest BCUT2D eigenvalue weighted by molar-refractivity contribution is 5.78. The molecule has 21 heavy (non-hydrogen) atoms. The molecule has 3 rings (SSSR count). The number of ether oxygens (including phenoxy) is 1. The summed E-state index contributed by atoms with van der Waals surface area (Å²) in [5.41, 5.74) is 0.820. The van der Waals surface area contributed by atoms with Gasteiger partial charge in [0, 0.05) is 12.1 Å². The molecule has 4 heteroatoms. The van der Waals surface area contributed by atoms with E-state index in [-0.39, 0.29) is 18.7 Å². The van der Waals surface area contributed by atoms with Gasteiger partial charge in [-0.2, -0.15) is 0 Å². The van der Waals surface area contributed by atoms with Gasteiger partial charge < -0.3 is 14.7 Å². The maximum atomic E-state index is 12.4. The summed E-state index contributed by atoms with van der Waals surface area (Å²) in [6, 6.07) is 10.5. The minimum absolute atomic E-state index is 0.00367. The van der Waals surface area contributed by atoms with Crippen molar-refractivity contribution in [3.63, 3.8) is 0 Å². The van der Waals surface area contributed by atoms with E-state index in [1.54, 1.807) is 0 Å². The third kappa shape index (κ3) is 2.97. The molecule has 0 unspecified atom stereocenters. The molecule has 1 N–H and O–H groups in total. The lowest BCUT2D eigenvalue weighted by molar-refractivity contribution is -0.155. The number of hydrogen-bond acceptors (Lipinski definition) is 4. The Morgan fingerprint density at radius 1 is 1.29 bits per heavy atom. The van der Waals surface area contributed by atoms with E-state index < -0.39 is 5.92 Å². The minimum Gasteiger partial charge on any atom is -0.462 e. The lowest BCUT2D eigenvalue weighted by Gasteiger charge is -2.36. The Hall–Kier alpha value is -1.39. The van der Waals surface area contributed by atoms with Crippen molar-refractivity contribution < 1.29 is 14.6 Å². The van der Waals surface area contributed by atoms with Crippen LogP contribution in [0.25, 0.3) is 0 Å². The number of aliphatic hydroxyl groups excluding tert-OH is 1. The van der Waals surface area contributed by atoms with E-state index in [1.165, 1.54) is 12.8 Å². The maximum absolute atomic E-state index is 12.4. The number of rotatable bonds is 4. The minimum atomic E-state index is -0.566. The summed E-state index contributed by atoms with van der Waals surface area (Å²) in [4.78, 5) is 14.8. The van der Waals surface area contributed by atoms with E-state index in [2.05, 4.69) is 11.9 Å². The smallest absolute Gasteiger partial charge is 0.316 e. The molecule has 2 aliphatic heterocycles. The molecule has 0 amide bonds. The number of carbonyl (C=O) groups is 1. The second-order valence-corrected chi connectivity index (χ2v) is 6.23. The number of piperidine rings is 1. The highest BCUT2D eigenvalue weighted by atomic mass is 16.5. The van der Waals surface area contributed by atoms with Gasteiger partial charge in [-0.1, -0.05) is 30.3 Å². The molecule has 2 saturated heterocycles. The summed E-state index contributed by atoms with van der Waals surface area (Å²) in [5, 5.41) is 9.53. The third-order valence-corrected chi connectivity index (χ3v) is 5.01. The SMILES string of the molecule is CN1[C@@H]2CC[C@@H]1CC(OC(=O)[C@@H](CO)c1ccccc1)C2. The first-order valence-electron chi connectivity index (χ1n) is 7.77. The van der Waals surface area contributed by atoms with Crippen molar-refractivity contribution in [2.24, 2.45) is 0 Å². The predicted octanol–water partition coefficient (Wildman–Crippen LogP) is 1.93.